The average Bonchev–Trinajstić information content (AvgIpc) is 3.79. The third-order valence-electron chi connectivity index (χ3n) is 9.56. The summed E-state index contributed by atoms with van der Waals surface area (Å²) in [6.45, 7) is 3.33. The van der Waals surface area contributed by atoms with Crippen LogP contribution in [0.4, 0.5) is 0 Å². The monoisotopic (exact) mass is 667 g/mol. The third-order valence-corrected chi connectivity index (χ3v) is 9.56. The Morgan fingerprint density at radius 2 is 1.22 bits per heavy atom. The lowest BCUT2D eigenvalue weighted by Crippen LogP contribution is -2.39. The standard InChI is InChI=1S/C43H37N7O/c1-2-3-30-48-42(51)39-24-15-29-44-41(39)49(48)31-32-25-27-33(28-26-32)37-22-13-14-23-38(37)40-45-47-50(46-40)43(34-16-7-4-8-17-34,35-18-9-5-10-19-35)36-20-11-6-12-21-36/h4-29H,2-3,30-31H2,1H3. The molecular weight excluding hydrogens is 631 g/mol. The zero-order valence-electron chi connectivity index (χ0n) is 28.4. The number of fused-ring (bicyclic) bond motifs is 1. The minimum Gasteiger partial charge on any atom is -0.267 e. The van der Waals surface area contributed by atoms with Crippen LogP contribution in [0.5, 0.6) is 0 Å². The van der Waals surface area contributed by atoms with E-state index in [0.717, 1.165) is 51.8 Å². The van der Waals surface area contributed by atoms with Crippen molar-refractivity contribution in [2.24, 2.45) is 0 Å². The van der Waals surface area contributed by atoms with Crippen LogP contribution in [-0.4, -0.2) is 34.6 Å². The number of rotatable bonds is 11. The molecule has 0 saturated heterocycles. The Morgan fingerprint density at radius 3 is 1.82 bits per heavy atom. The molecule has 0 aliphatic heterocycles. The van der Waals surface area contributed by atoms with Gasteiger partial charge in [0.05, 0.1) is 11.9 Å². The van der Waals surface area contributed by atoms with Crippen LogP contribution in [0.1, 0.15) is 42.0 Å². The number of hydrogen-bond acceptors (Lipinski definition) is 5. The maximum atomic E-state index is 13.2. The second-order valence-electron chi connectivity index (χ2n) is 12.7. The van der Waals surface area contributed by atoms with Gasteiger partial charge in [0.25, 0.3) is 5.56 Å². The lowest BCUT2D eigenvalue weighted by molar-refractivity contribution is 0.396. The Kier molecular flexibility index (Phi) is 8.64. The van der Waals surface area contributed by atoms with Crippen LogP contribution < -0.4 is 5.56 Å². The Labute approximate surface area is 296 Å². The van der Waals surface area contributed by atoms with Gasteiger partial charge in [-0.3, -0.25) is 9.48 Å². The smallest absolute Gasteiger partial charge is 0.267 e. The first-order valence-electron chi connectivity index (χ1n) is 17.4. The molecular formula is C43H37N7O. The zero-order valence-corrected chi connectivity index (χ0v) is 28.4. The summed E-state index contributed by atoms with van der Waals surface area (Å²) in [5, 5.41) is 15.3. The van der Waals surface area contributed by atoms with Gasteiger partial charge in [0, 0.05) is 18.3 Å². The molecule has 0 aliphatic rings. The van der Waals surface area contributed by atoms with Crippen LogP contribution in [0.3, 0.4) is 0 Å². The summed E-state index contributed by atoms with van der Waals surface area (Å²) in [6, 6.07) is 51.4. The molecule has 3 aromatic heterocycles. The average molecular weight is 668 g/mol. The molecule has 8 rings (SSSR count). The fourth-order valence-corrected chi connectivity index (χ4v) is 7.06. The van der Waals surface area contributed by atoms with Crippen LogP contribution in [0.15, 0.2) is 163 Å². The topological polar surface area (TPSA) is 83.4 Å². The largest absolute Gasteiger partial charge is 0.276 e. The lowest BCUT2D eigenvalue weighted by atomic mass is 9.77. The number of benzene rings is 5. The van der Waals surface area contributed by atoms with Crippen molar-refractivity contribution < 1.29 is 0 Å². The minimum atomic E-state index is -0.860. The summed E-state index contributed by atoms with van der Waals surface area (Å²) in [6.07, 6.45) is 3.67. The second kappa shape index (κ2) is 13.8. The third kappa shape index (κ3) is 5.74. The van der Waals surface area contributed by atoms with Crippen molar-refractivity contribution in [3.63, 3.8) is 0 Å². The fraction of sp³-hybridized carbons (Fsp3) is 0.140. The van der Waals surface area contributed by atoms with Gasteiger partial charge < -0.3 is 0 Å². The van der Waals surface area contributed by atoms with Gasteiger partial charge in [-0.05, 0) is 57.1 Å². The van der Waals surface area contributed by atoms with Gasteiger partial charge in [-0.15, -0.1) is 15.0 Å². The van der Waals surface area contributed by atoms with Crippen molar-refractivity contribution in [1.29, 1.82) is 0 Å². The molecule has 0 amide bonds. The molecule has 0 saturated carbocycles. The lowest BCUT2D eigenvalue weighted by Gasteiger charge is -2.34. The molecule has 8 aromatic rings. The molecule has 0 atom stereocenters. The van der Waals surface area contributed by atoms with Crippen molar-refractivity contribution in [1.82, 2.24) is 34.6 Å². The maximum absolute atomic E-state index is 13.2. The highest BCUT2D eigenvalue weighted by molar-refractivity contribution is 5.80. The Hall–Kier alpha value is -6.41. The SMILES string of the molecule is CCCCn1c(=O)c2cccnc2n1Cc1ccc(-c2ccccc2-c2nnn(C(c3ccccc3)(c3ccccc3)c3ccccc3)n2)cc1. The van der Waals surface area contributed by atoms with Gasteiger partial charge in [-0.25, -0.2) is 9.67 Å². The van der Waals surface area contributed by atoms with E-state index in [1.54, 1.807) is 11.0 Å². The Balaban J connectivity index is 1.18. The summed E-state index contributed by atoms with van der Waals surface area (Å²) < 4.78 is 3.84. The number of tetrazole rings is 1. The molecule has 8 heteroatoms. The van der Waals surface area contributed by atoms with Gasteiger partial charge in [-0.2, -0.15) is 0 Å². The van der Waals surface area contributed by atoms with Crippen LogP contribution >= 0.6 is 0 Å². The van der Waals surface area contributed by atoms with E-state index in [4.69, 9.17) is 15.4 Å². The maximum Gasteiger partial charge on any atom is 0.276 e. The van der Waals surface area contributed by atoms with Gasteiger partial charge in [-0.1, -0.05) is 153 Å². The van der Waals surface area contributed by atoms with Crippen LogP contribution in [0.2, 0.25) is 0 Å². The van der Waals surface area contributed by atoms with Crippen LogP contribution in [0.25, 0.3) is 33.5 Å². The number of nitrogens with zero attached hydrogens (tertiary/aromatic N) is 7. The zero-order chi connectivity index (χ0) is 34.6. The number of aromatic nitrogens is 7. The summed E-state index contributed by atoms with van der Waals surface area (Å²) in [4.78, 5) is 19.6. The van der Waals surface area contributed by atoms with E-state index in [1.165, 1.54) is 0 Å². The normalized spacial score (nSPS) is 11.6. The van der Waals surface area contributed by atoms with E-state index < -0.39 is 5.54 Å². The molecule has 5 aromatic carbocycles. The predicted octanol–water partition coefficient (Wildman–Crippen LogP) is 8.21. The molecule has 0 unspecified atom stereocenters. The van der Waals surface area contributed by atoms with E-state index in [-0.39, 0.29) is 5.56 Å². The fourth-order valence-electron chi connectivity index (χ4n) is 7.06. The van der Waals surface area contributed by atoms with Gasteiger partial charge in [0.2, 0.25) is 5.82 Å². The molecule has 3 heterocycles. The van der Waals surface area contributed by atoms with E-state index in [2.05, 4.69) is 78.6 Å². The van der Waals surface area contributed by atoms with Crippen molar-refractivity contribution in [3.05, 3.63) is 190 Å². The highest BCUT2D eigenvalue weighted by Crippen LogP contribution is 2.40. The minimum absolute atomic E-state index is 0.00783. The van der Waals surface area contributed by atoms with Crippen molar-refractivity contribution in [2.45, 2.75) is 38.4 Å². The number of hydrogen-bond donors (Lipinski definition) is 0. The van der Waals surface area contributed by atoms with E-state index in [1.807, 2.05) is 94.3 Å². The van der Waals surface area contributed by atoms with Crippen LogP contribution in [0, 0.1) is 0 Å². The second-order valence-corrected chi connectivity index (χ2v) is 12.7. The highest BCUT2D eigenvalue weighted by Gasteiger charge is 2.41. The molecule has 0 fully saturated rings. The molecule has 0 spiro atoms. The molecule has 0 radical (unpaired) electrons. The van der Waals surface area contributed by atoms with E-state index in [0.29, 0.717) is 29.9 Å². The molecule has 0 aliphatic carbocycles. The molecule has 0 N–H and O–H groups in total. The van der Waals surface area contributed by atoms with Gasteiger partial charge in [0.15, 0.2) is 11.2 Å². The number of pyridine rings is 1. The summed E-state index contributed by atoms with van der Waals surface area (Å²) in [5.74, 6) is 0.534. The molecule has 0 bridgehead atoms. The highest BCUT2D eigenvalue weighted by atomic mass is 16.1. The summed E-state index contributed by atoms with van der Waals surface area (Å²) in [5.41, 5.74) is 6.93. The predicted molar refractivity (Wildman–Crippen MR) is 201 cm³/mol. The number of unbranched alkanes of at least 4 members (excludes halogenated alkanes) is 1. The quantitative estimate of drug-likeness (QED) is 0.130. The Morgan fingerprint density at radius 1 is 0.627 bits per heavy atom. The van der Waals surface area contributed by atoms with E-state index in [9.17, 15) is 4.79 Å². The van der Waals surface area contributed by atoms with E-state index >= 15 is 0 Å². The summed E-state index contributed by atoms with van der Waals surface area (Å²) >= 11 is 0. The first-order chi connectivity index (χ1) is 25.2. The molecule has 51 heavy (non-hydrogen) atoms. The van der Waals surface area contributed by atoms with Crippen molar-refractivity contribution in [2.75, 3.05) is 0 Å². The first-order valence-corrected chi connectivity index (χ1v) is 17.4. The van der Waals surface area contributed by atoms with Gasteiger partial charge in [0.1, 0.15) is 0 Å². The molecule has 8 nitrogen and oxygen atoms in total. The summed E-state index contributed by atoms with van der Waals surface area (Å²) in [7, 11) is 0. The Bertz CT molecular complexity index is 2350. The first kappa shape index (κ1) is 31.8. The van der Waals surface area contributed by atoms with Crippen molar-refractivity contribution >= 4 is 11.0 Å². The van der Waals surface area contributed by atoms with Crippen molar-refractivity contribution in [3.8, 4) is 22.5 Å². The molecule has 250 valence electrons. The van der Waals surface area contributed by atoms with Crippen LogP contribution in [-0.2, 0) is 18.6 Å². The van der Waals surface area contributed by atoms with Gasteiger partial charge >= 0.3 is 0 Å².